The summed E-state index contributed by atoms with van der Waals surface area (Å²) in [5, 5.41) is 2.96. The van der Waals surface area contributed by atoms with Gasteiger partial charge < -0.3 is 15.0 Å². The predicted octanol–water partition coefficient (Wildman–Crippen LogP) is 3.50. The van der Waals surface area contributed by atoms with Crippen molar-refractivity contribution in [3.8, 4) is 5.75 Å². The number of ether oxygens (including phenoxy) is 1. The van der Waals surface area contributed by atoms with Crippen LogP contribution in [0.15, 0.2) is 79.1 Å². The fourth-order valence-electron chi connectivity index (χ4n) is 3.21. The lowest BCUT2D eigenvalue weighted by atomic mass is 10.0. The molecular weight excluding hydrogens is 378 g/mol. The average molecular weight is 403 g/mol. The molecule has 0 bridgehead atoms. The molecule has 0 aliphatic heterocycles. The molecule has 2 amide bonds. The van der Waals surface area contributed by atoms with Crippen molar-refractivity contribution in [2.24, 2.45) is 0 Å². The van der Waals surface area contributed by atoms with E-state index in [2.05, 4.69) is 10.3 Å². The van der Waals surface area contributed by atoms with Gasteiger partial charge in [-0.25, -0.2) is 0 Å². The minimum absolute atomic E-state index is 0.182. The summed E-state index contributed by atoms with van der Waals surface area (Å²) in [4.78, 5) is 31.4. The van der Waals surface area contributed by atoms with Gasteiger partial charge in [0.05, 0.1) is 7.11 Å². The van der Waals surface area contributed by atoms with Crippen molar-refractivity contribution in [2.45, 2.75) is 26.1 Å². The first-order valence-corrected chi connectivity index (χ1v) is 9.70. The molecule has 0 fully saturated rings. The zero-order valence-electron chi connectivity index (χ0n) is 17.1. The van der Waals surface area contributed by atoms with E-state index in [1.807, 2.05) is 66.7 Å². The van der Waals surface area contributed by atoms with Gasteiger partial charge in [0.1, 0.15) is 11.8 Å². The molecular formula is C24H25N3O3. The molecule has 154 valence electrons. The first-order valence-electron chi connectivity index (χ1n) is 9.70. The number of carbonyl (C=O) groups excluding carboxylic acids is 2. The van der Waals surface area contributed by atoms with Gasteiger partial charge in [-0.3, -0.25) is 14.6 Å². The van der Waals surface area contributed by atoms with Gasteiger partial charge in [0.15, 0.2) is 0 Å². The Morgan fingerprint density at radius 1 is 0.967 bits per heavy atom. The van der Waals surface area contributed by atoms with E-state index < -0.39 is 6.04 Å². The van der Waals surface area contributed by atoms with Crippen LogP contribution in [-0.2, 0) is 22.7 Å². The lowest BCUT2D eigenvalue weighted by molar-refractivity contribution is -0.140. The molecule has 0 radical (unpaired) electrons. The van der Waals surface area contributed by atoms with Gasteiger partial charge in [0.2, 0.25) is 11.8 Å². The smallest absolute Gasteiger partial charge is 0.247 e. The highest BCUT2D eigenvalue weighted by molar-refractivity contribution is 5.88. The van der Waals surface area contributed by atoms with Crippen molar-refractivity contribution in [1.29, 1.82) is 0 Å². The standard InChI is InChI=1S/C24H25N3O3/c1-18(28)27(17-20-8-10-22(30-2)11-9-20)23(21-6-4-3-5-7-21)24(29)26-16-19-12-14-25-15-13-19/h3-15,23H,16-17H2,1-2H3,(H,26,29). The number of rotatable bonds is 8. The predicted molar refractivity (Wildman–Crippen MR) is 114 cm³/mol. The van der Waals surface area contributed by atoms with Crippen molar-refractivity contribution in [1.82, 2.24) is 15.2 Å². The fourth-order valence-corrected chi connectivity index (χ4v) is 3.21. The van der Waals surface area contributed by atoms with Crippen molar-refractivity contribution in [3.63, 3.8) is 0 Å². The third-order valence-electron chi connectivity index (χ3n) is 4.81. The molecule has 0 spiro atoms. The highest BCUT2D eigenvalue weighted by Gasteiger charge is 2.29. The van der Waals surface area contributed by atoms with Crippen LogP contribution in [0, 0.1) is 0 Å². The van der Waals surface area contributed by atoms with E-state index in [1.54, 1.807) is 24.4 Å². The van der Waals surface area contributed by atoms with E-state index in [0.717, 1.165) is 22.4 Å². The number of nitrogens with zero attached hydrogens (tertiary/aromatic N) is 2. The van der Waals surface area contributed by atoms with Crippen LogP contribution in [0.2, 0.25) is 0 Å². The first-order chi connectivity index (χ1) is 14.6. The number of pyridine rings is 1. The summed E-state index contributed by atoms with van der Waals surface area (Å²) in [6.45, 7) is 2.15. The maximum atomic E-state index is 13.2. The van der Waals surface area contributed by atoms with Gasteiger partial charge in [0.25, 0.3) is 0 Å². The number of benzene rings is 2. The van der Waals surface area contributed by atoms with E-state index in [-0.39, 0.29) is 11.8 Å². The number of methoxy groups -OCH3 is 1. The Balaban J connectivity index is 1.86. The minimum Gasteiger partial charge on any atom is -0.497 e. The molecule has 0 aliphatic carbocycles. The third-order valence-corrected chi connectivity index (χ3v) is 4.81. The van der Waals surface area contributed by atoms with Gasteiger partial charge in [-0.2, -0.15) is 0 Å². The number of aromatic nitrogens is 1. The molecule has 6 heteroatoms. The van der Waals surface area contributed by atoms with E-state index in [0.29, 0.717) is 13.1 Å². The van der Waals surface area contributed by atoms with Crippen LogP contribution in [0.4, 0.5) is 0 Å². The lowest BCUT2D eigenvalue weighted by Crippen LogP contribution is -2.42. The van der Waals surface area contributed by atoms with Gasteiger partial charge in [-0.1, -0.05) is 42.5 Å². The monoisotopic (exact) mass is 403 g/mol. The maximum absolute atomic E-state index is 13.2. The molecule has 1 heterocycles. The summed E-state index contributed by atoms with van der Waals surface area (Å²) in [5.74, 6) is 0.322. The van der Waals surface area contributed by atoms with E-state index in [4.69, 9.17) is 4.74 Å². The van der Waals surface area contributed by atoms with E-state index >= 15 is 0 Å². The molecule has 30 heavy (non-hydrogen) atoms. The van der Waals surface area contributed by atoms with Gasteiger partial charge in [-0.05, 0) is 41.0 Å². The van der Waals surface area contributed by atoms with Crippen LogP contribution in [0.25, 0.3) is 0 Å². The molecule has 0 aliphatic rings. The van der Waals surface area contributed by atoms with Crippen LogP contribution in [0.5, 0.6) is 5.75 Å². The molecule has 3 rings (SSSR count). The average Bonchev–Trinajstić information content (AvgIpc) is 2.79. The molecule has 1 atom stereocenters. The minimum atomic E-state index is -0.743. The van der Waals surface area contributed by atoms with Crippen molar-refractivity contribution >= 4 is 11.8 Å². The summed E-state index contributed by atoms with van der Waals surface area (Å²) in [7, 11) is 1.61. The SMILES string of the molecule is COc1ccc(CN(C(C)=O)C(C(=O)NCc2ccncc2)c2ccccc2)cc1. The van der Waals surface area contributed by atoms with Crippen molar-refractivity contribution in [2.75, 3.05) is 7.11 Å². The highest BCUT2D eigenvalue weighted by Crippen LogP contribution is 2.24. The van der Waals surface area contributed by atoms with Crippen LogP contribution in [0.3, 0.4) is 0 Å². The Morgan fingerprint density at radius 3 is 2.23 bits per heavy atom. The summed E-state index contributed by atoms with van der Waals surface area (Å²) in [6, 6.07) is 19.8. The Kier molecular flexibility index (Phi) is 7.16. The maximum Gasteiger partial charge on any atom is 0.247 e. The quantitative estimate of drug-likeness (QED) is 0.625. The van der Waals surface area contributed by atoms with Gasteiger partial charge >= 0.3 is 0 Å². The van der Waals surface area contributed by atoms with E-state index in [9.17, 15) is 9.59 Å². The van der Waals surface area contributed by atoms with Crippen LogP contribution < -0.4 is 10.1 Å². The van der Waals surface area contributed by atoms with E-state index in [1.165, 1.54) is 6.92 Å². The molecule has 1 unspecified atom stereocenters. The Morgan fingerprint density at radius 2 is 1.63 bits per heavy atom. The van der Waals surface area contributed by atoms with Gasteiger partial charge in [0, 0.05) is 32.4 Å². The fraction of sp³-hybridized carbons (Fsp3) is 0.208. The highest BCUT2D eigenvalue weighted by atomic mass is 16.5. The zero-order valence-corrected chi connectivity index (χ0v) is 17.1. The molecule has 0 saturated heterocycles. The second-order valence-corrected chi connectivity index (χ2v) is 6.88. The van der Waals surface area contributed by atoms with Crippen molar-refractivity contribution in [3.05, 3.63) is 95.8 Å². The molecule has 0 saturated carbocycles. The lowest BCUT2D eigenvalue weighted by Gasteiger charge is -2.30. The van der Waals surface area contributed by atoms with Crippen LogP contribution in [0.1, 0.15) is 29.7 Å². The summed E-state index contributed by atoms with van der Waals surface area (Å²) < 4.78 is 5.20. The Labute approximate surface area is 176 Å². The number of nitrogens with one attached hydrogen (secondary N) is 1. The number of hydrogen-bond donors (Lipinski definition) is 1. The van der Waals surface area contributed by atoms with Crippen molar-refractivity contribution < 1.29 is 14.3 Å². The summed E-state index contributed by atoms with van der Waals surface area (Å²) in [6.07, 6.45) is 3.36. The number of hydrogen-bond acceptors (Lipinski definition) is 4. The Bertz CT molecular complexity index is 960. The largest absolute Gasteiger partial charge is 0.497 e. The first kappa shape index (κ1) is 21.0. The molecule has 6 nitrogen and oxygen atoms in total. The molecule has 2 aromatic carbocycles. The third kappa shape index (κ3) is 5.44. The number of carbonyl (C=O) groups is 2. The molecule has 1 N–H and O–H groups in total. The number of amides is 2. The van der Waals surface area contributed by atoms with Crippen LogP contribution >= 0.6 is 0 Å². The summed E-state index contributed by atoms with van der Waals surface area (Å²) in [5.41, 5.74) is 2.61. The topological polar surface area (TPSA) is 71.5 Å². The van der Waals surface area contributed by atoms with Crippen LogP contribution in [-0.4, -0.2) is 28.8 Å². The second kappa shape index (κ2) is 10.2. The Hall–Kier alpha value is -3.67. The molecule has 3 aromatic rings. The zero-order chi connectivity index (χ0) is 21.3. The normalized spacial score (nSPS) is 11.4. The molecule has 1 aromatic heterocycles. The van der Waals surface area contributed by atoms with Gasteiger partial charge in [-0.15, -0.1) is 0 Å². The summed E-state index contributed by atoms with van der Waals surface area (Å²) >= 11 is 0. The second-order valence-electron chi connectivity index (χ2n) is 6.88.